The van der Waals surface area contributed by atoms with E-state index < -0.39 is 11.5 Å². The summed E-state index contributed by atoms with van der Waals surface area (Å²) in [6.07, 6.45) is 4.48. The van der Waals surface area contributed by atoms with Crippen molar-refractivity contribution >= 4 is 17.7 Å². The summed E-state index contributed by atoms with van der Waals surface area (Å²) in [5.41, 5.74) is -0.962. The Kier molecular flexibility index (Phi) is 5.27. The molecule has 0 saturated carbocycles. The molecule has 0 saturated heterocycles. The van der Waals surface area contributed by atoms with E-state index in [0.717, 1.165) is 36.8 Å². The number of thioether (sulfide) groups is 1. The van der Waals surface area contributed by atoms with Crippen LogP contribution in [0.2, 0.25) is 0 Å². The Bertz CT molecular complexity index is 503. The molecular weight excluding hydrogens is 288 g/mol. The van der Waals surface area contributed by atoms with Crippen molar-refractivity contribution < 1.29 is 9.90 Å². The first-order valence-electron chi connectivity index (χ1n) is 7.48. The molecule has 1 aromatic heterocycles. The van der Waals surface area contributed by atoms with Crippen molar-refractivity contribution in [3.05, 3.63) is 5.82 Å². The third-order valence-electron chi connectivity index (χ3n) is 3.64. The largest absolute Gasteiger partial charge is 0.480 e. The van der Waals surface area contributed by atoms with Crippen molar-refractivity contribution in [1.29, 1.82) is 0 Å². The summed E-state index contributed by atoms with van der Waals surface area (Å²) in [6.45, 7) is 6.57. The van der Waals surface area contributed by atoms with Gasteiger partial charge in [0.05, 0.1) is 0 Å². The van der Waals surface area contributed by atoms with Gasteiger partial charge in [-0.2, -0.15) is 0 Å². The highest BCUT2D eigenvalue weighted by Gasteiger charge is 2.34. The summed E-state index contributed by atoms with van der Waals surface area (Å²) >= 11 is 1.47. The van der Waals surface area contributed by atoms with Gasteiger partial charge < -0.3 is 9.67 Å². The molecule has 0 radical (unpaired) electrons. The number of fused-ring (bicyclic) bond motifs is 1. The first-order valence-corrected chi connectivity index (χ1v) is 8.47. The van der Waals surface area contributed by atoms with E-state index >= 15 is 0 Å². The van der Waals surface area contributed by atoms with Crippen LogP contribution < -0.4 is 5.32 Å². The first kappa shape index (κ1) is 16.3. The molecule has 0 fully saturated rings. The van der Waals surface area contributed by atoms with Gasteiger partial charge in [0.15, 0.2) is 5.16 Å². The van der Waals surface area contributed by atoms with Gasteiger partial charge in [0.2, 0.25) is 0 Å². The van der Waals surface area contributed by atoms with Crippen molar-refractivity contribution in [3.63, 3.8) is 0 Å². The molecule has 0 aromatic carbocycles. The molecule has 7 heteroatoms. The average Bonchev–Trinajstić information content (AvgIpc) is 2.63. The normalized spacial score (nSPS) is 18.1. The van der Waals surface area contributed by atoms with E-state index in [2.05, 4.69) is 20.1 Å². The second kappa shape index (κ2) is 6.79. The Balaban J connectivity index is 2.08. The maximum atomic E-state index is 11.5. The first-order chi connectivity index (χ1) is 9.92. The van der Waals surface area contributed by atoms with Crippen molar-refractivity contribution in [2.24, 2.45) is 0 Å². The van der Waals surface area contributed by atoms with Gasteiger partial charge in [0, 0.05) is 24.8 Å². The minimum absolute atomic E-state index is 0.113. The van der Waals surface area contributed by atoms with Gasteiger partial charge >= 0.3 is 5.97 Å². The monoisotopic (exact) mass is 312 g/mol. The molecule has 0 spiro atoms. The smallest absolute Gasteiger partial charge is 0.324 e. The lowest BCUT2D eigenvalue weighted by atomic mass is 10.1. The highest BCUT2D eigenvalue weighted by molar-refractivity contribution is 7.99. The lowest BCUT2D eigenvalue weighted by Gasteiger charge is -2.28. The number of hydrogen-bond acceptors (Lipinski definition) is 5. The van der Waals surface area contributed by atoms with Gasteiger partial charge in [-0.05, 0) is 33.6 Å². The Hall–Kier alpha value is -1.08. The van der Waals surface area contributed by atoms with Crippen LogP contribution in [0.15, 0.2) is 5.16 Å². The minimum Gasteiger partial charge on any atom is -0.480 e. The van der Waals surface area contributed by atoms with Crippen LogP contribution in [-0.2, 0) is 17.8 Å². The van der Waals surface area contributed by atoms with E-state index in [9.17, 15) is 9.90 Å². The van der Waals surface area contributed by atoms with Crippen LogP contribution in [0.1, 0.15) is 45.9 Å². The number of hydrogen-bond donors (Lipinski definition) is 2. The number of aryl methyl sites for hydroxylation is 1. The van der Waals surface area contributed by atoms with Gasteiger partial charge in [-0.3, -0.25) is 10.1 Å². The quantitative estimate of drug-likeness (QED) is 0.781. The molecule has 1 unspecified atom stereocenters. The summed E-state index contributed by atoms with van der Waals surface area (Å²) in [5.74, 6) is 0.627. The fourth-order valence-electron chi connectivity index (χ4n) is 2.58. The van der Waals surface area contributed by atoms with E-state index in [1.165, 1.54) is 18.2 Å². The lowest BCUT2D eigenvalue weighted by molar-refractivity contribution is -0.143. The molecule has 1 aromatic rings. The number of carbonyl (C=O) groups is 1. The third kappa shape index (κ3) is 3.97. The number of aromatic nitrogens is 3. The Labute approximate surface area is 129 Å². The van der Waals surface area contributed by atoms with E-state index in [4.69, 9.17) is 0 Å². The summed E-state index contributed by atoms with van der Waals surface area (Å²) in [4.78, 5) is 11.5. The molecule has 21 heavy (non-hydrogen) atoms. The van der Waals surface area contributed by atoms with Crippen molar-refractivity contribution in [2.75, 3.05) is 5.75 Å². The van der Waals surface area contributed by atoms with Crippen LogP contribution in [-0.4, -0.2) is 43.2 Å². The SMILES string of the molecule is CC(C)NC(C)(CSc1nnc2n1CCCCC2)C(=O)O. The molecule has 0 aliphatic carbocycles. The van der Waals surface area contributed by atoms with Gasteiger partial charge in [0.25, 0.3) is 0 Å². The van der Waals surface area contributed by atoms with Crippen LogP contribution in [0, 0.1) is 0 Å². The predicted octanol–water partition coefficient (Wildman–Crippen LogP) is 1.94. The highest BCUT2D eigenvalue weighted by atomic mass is 32.2. The minimum atomic E-state index is -0.962. The maximum Gasteiger partial charge on any atom is 0.324 e. The number of nitrogens with one attached hydrogen (secondary N) is 1. The van der Waals surface area contributed by atoms with E-state index in [-0.39, 0.29) is 6.04 Å². The number of nitrogens with zero attached hydrogens (tertiary/aromatic N) is 3. The Morgan fingerprint density at radius 1 is 1.43 bits per heavy atom. The zero-order valence-electron chi connectivity index (χ0n) is 12.9. The van der Waals surface area contributed by atoms with Gasteiger partial charge in [0.1, 0.15) is 11.4 Å². The standard InChI is InChI=1S/C14H24N4O2S/c1-10(2)15-14(3,12(19)20)9-21-13-17-16-11-7-5-4-6-8-18(11)13/h10,15H,4-9H2,1-3H3,(H,19,20). The van der Waals surface area contributed by atoms with Crippen molar-refractivity contribution in [2.45, 2.75) is 69.7 Å². The summed E-state index contributed by atoms with van der Waals surface area (Å²) in [6, 6.07) is 0.113. The molecule has 1 aliphatic heterocycles. The van der Waals surface area contributed by atoms with Gasteiger partial charge in [-0.25, -0.2) is 0 Å². The van der Waals surface area contributed by atoms with Gasteiger partial charge in [-0.15, -0.1) is 10.2 Å². The van der Waals surface area contributed by atoms with Crippen LogP contribution in [0.25, 0.3) is 0 Å². The Morgan fingerprint density at radius 3 is 2.86 bits per heavy atom. The molecule has 118 valence electrons. The number of carboxylic acids is 1. The molecule has 2 N–H and O–H groups in total. The molecule has 1 aliphatic rings. The topological polar surface area (TPSA) is 80.0 Å². The van der Waals surface area contributed by atoms with E-state index in [1.54, 1.807) is 6.92 Å². The molecule has 0 bridgehead atoms. The second-order valence-electron chi connectivity index (χ2n) is 6.09. The van der Waals surface area contributed by atoms with Crippen LogP contribution in [0.3, 0.4) is 0 Å². The van der Waals surface area contributed by atoms with Crippen molar-refractivity contribution in [3.8, 4) is 0 Å². The lowest BCUT2D eigenvalue weighted by Crippen LogP contribution is -2.54. The summed E-state index contributed by atoms with van der Waals surface area (Å²) < 4.78 is 2.15. The zero-order valence-corrected chi connectivity index (χ0v) is 13.7. The van der Waals surface area contributed by atoms with E-state index in [1.807, 2.05) is 13.8 Å². The summed E-state index contributed by atoms with van der Waals surface area (Å²) in [5, 5.41) is 21.9. The highest BCUT2D eigenvalue weighted by Crippen LogP contribution is 2.25. The third-order valence-corrected chi connectivity index (χ3v) is 4.93. The molecule has 2 heterocycles. The second-order valence-corrected chi connectivity index (χ2v) is 7.03. The zero-order chi connectivity index (χ0) is 15.5. The van der Waals surface area contributed by atoms with E-state index in [0.29, 0.717) is 5.75 Å². The van der Waals surface area contributed by atoms with Crippen molar-refractivity contribution in [1.82, 2.24) is 20.1 Å². The Morgan fingerprint density at radius 2 is 2.19 bits per heavy atom. The maximum absolute atomic E-state index is 11.5. The number of rotatable bonds is 6. The summed E-state index contributed by atoms with van der Waals surface area (Å²) in [7, 11) is 0. The number of aliphatic carboxylic acids is 1. The molecule has 1 atom stereocenters. The predicted molar refractivity (Wildman–Crippen MR) is 82.6 cm³/mol. The van der Waals surface area contributed by atoms with Crippen LogP contribution in [0.4, 0.5) is 0 Å². The molecular formula is C14H24N4O2S. The molecule has 2 rings (SSSR count). The molecule has 0 amide bonds. The average molecular weight is 312 g/mol. The van der Waals surface area contributed by atoms with Gasteiger partial charge in [-0.1, -0.05) is 18.2 Å². The fourth-order valence-corrected chi connectivity index (χ4v) is 3.65. The molecule has 6 nitrogen and oxygen atoms in total. The van der Waals surface area contributed by atoms with Crippen LogP contribution in [0.5, 0.6) is 0 Å². The van der Waals surface area contributed by atoms with Crippen LogP contribution >= 0.6 is 11.8 Å². The fraction of sp³-hybridized carbons (Fsp3) is 0.786. The number of carboxylic acid groups (broad SMARTS) is 1.